The van der Waals surface area contributed by atoms with Gasteiger partial charge in [0.25, 0.3) is 10.0 Å². The first-order chi connectivity index (χ1) is 11.2. The van der Waals surface area contributed by atoms with Gasteiger partial charge in [-0.05, 0) is 26.0 Å². The average Bonchev–Trinajstić information content (AvgIpc) is 2.45. The van der Waals surface area contributed by atoms with Crippen LogP contribution in [0.3, 0.4) is 0 Å². The van der Waals surface area contributed by atoms with Crippen LogP contribution in [0.25, 0.3) is 0 Å². The Balaban J connectivity index is 2.22. The van der Waals surface area contributed by atoms with Crippen molar-refractivity contribution in [3.8, 4) is 0 Å². The van der Waals surface area contributed by atoms with E-state index in [1.807, 2.05) is 4.72 Å². The minimum atomic E-state index is -4.16. The lowest BCUT2D eigenvalue weighted by Crippen LogP contribution is -2.35. The first-order valence-corrected chi connectivity index (χ1v) is 9.08. The lowest BCUT2D eigenvalue weighted by Gasteiger charge is -2.12. The SMILES string of the molecule is Cc1cc(C)nc(NC(=O)NS(=O)(=O)c2ccccc2C(Cl)Cl)n1. The maximum Gasteiger partial charge on any atom is 0.335 e. The molecule has 1 heterocycles. The molecule has 2 rings (SSSR count). The van der Waals surface area contributed by atoms with Crippen molar-refractivity contribution in [2.45, 2.75) is 23.6 Å². The van der Waals surface area contributed by atoms with Crippen molar-refractivity contribution in [1.29, 1.82) is 0 Å². The van der Waals surface area contributed by atoms with E-state index in [2.05, 4.69) is 15.3 Å². The fourth-order valence-electron chi connectivity index (χ4n) is 1.99. The molecular formula is C14H14Cl2N4O3S. The Bertz CT molecular complexity index is 852. The summed E-state index contributed by atoms with van der Waals surface area (Å²) >= 11 is 11.5. The second-order valence-electron chi connectivity index (χ2n) is 4.87. The highest BCUT2D eigenvalue weighted by molar-refractivity contribution is 7.90. The number of alkyl halides is 2. The third kappa shape index (κ3) is 4.56. The number of aromatic nitrogens is 2. The Hall–Kier alpha value is -1.90. The van der Waals surface area contributed by atoms with E-state index in [0.29, 0.717) is 11.4 Å². The van der Waals surface area contributed by atoms with Crippen LogP contribution in [-0.2, 0) is 10.0 Å². The molecule has 2 amide bonds. The molecule has 128 valence electrons. The Kier molecular flexibility index (Phi) is 5.63. The van der Waals surface area contributed by atoms with Gasteiger partial charge in [-0.3, -0.25) is 5.32 Å². The minimum Gasteiger partial charge on any atom is -0.275 e. The van der Waals surface area contributed by atoms with Gasteiger partial charge in [0.2, 0.25) is 5.95 Å². The Morgan fingerprint density at radius 3 is 2.29 bits per heavy atom. The third-order valence-electron chi connectivity index (χ3n) is 2.88. The molecule has 10 heteroatoms. The second-order valence-corrected chi connectivity index (χ2v) is 7.62. The number of hydrogen-bond acceptors (Lipinski definition) is 5. The number of carbonyl (C=O) groups is 1. The second kappa shape index (κ2) is 7.33. The van der Waals surface area contributed by atoms with Crippen LogP contribution >= 0.6 is 23.2 Å². The molecule has 0 atom stereocenters. The van der Waals surface area contributed by atoms with Gasteiger partial charge in [0.05, 0.1) is 4.90 Å². The summed E-state index contributed by atoms with van der Waals surface area (Å²) in [6, 6.07) is 6.59. The maximum atomic E-state index is 12.4. The molecule has 7 nitrogen and oxygen atoms in total. The number of sulfonamides is 1. The summed E-state index contributed by atoms with van der Waals surface area (Å²) in [7, 11) is -4.16. The molecule has 1 aromatic heterocycles. The van der Waals surface area contributed by atoms with Gasteiger partial charge in [-0.15, -0.1) is 23.2 Å². The van der Waals surface area contributed by atoms with Gasteiger partial charge >= 0.3 is 6.03 Å². The number of carbonyl (C=O) groups excluding carboxylic acids is 1. The highest BCUT2D eigenvalue weighted by Gasteiger charge is 2.23. The molecule has 0 saturated carbocycles. The van der Waals surface area contributed by atoms with Crippen molar-refractivity contribution in [3.63, 3.8) is 0 Å². The monoisotopic (exact) mass is 388 g/mol. The molecule has 2 N–H and O–H groups in total. The molecule has 24 heavy (non-hydrogen) atoms. The molecule has 0 radical (unpaired) electrons. The van der Waals surface area contributed by atoms with Crippen molar-refractivity contribution >= 4 is 45.2 Å². The fraction of sp³-hybridized carbons (Fsp3) is 0.214. The number of nitrogens with one attached hydrogen (secondary N) is 2. The number of urea groups is 1. The summed E-state index contributed by atoms with van der Waals surface area (Å²) < 4.78 is 26.6. The van der Waals surface area contributed by atoms with Gasteiger partial charge in [0.15, 0.2) is 0 Å². The van der Waals surface area contributed by atoms with Crippen LogP contribution in [0.2, 0.25) is 0 Å². The van der Waals surface area contributed by atoms with Crippen molar-refractivity contribution in [1.82, 2.24) is 14.7 Å². The standard InChI is InChI=1S/C14H14Cl2N4O3S/c1-8-7-9(2)18-13(17-8)19-14(21)20-24(22,23)11-6-4-3-5-10(11)12(15)16/h3-7,12H,1-2H3,(H2,17,18,19,20,21). The zero-order valence-corrected chi connectivity index (χ0v) is 15.1. The normalized spacial score (nSPS) is 11.4. The van der Waals surface area contributed by atoms with E-state index in [-0.39, 0.29) is 16.4 Å². The first kappa shape index (κ1) is 18.4. The molecule has 0 bridgehead atoms. The van der Waals surface area contributed by atoms with Crippen LogP contribution in [0.4, 0.5) is 10.7 Å². The van der Waals surface area contributed by atoms with E-state index in [1.54, 1.807) is 26.0 Å². The Labute approximate surface area is 149 Å². The van der Waals surface area contributed by atoms with Crippen LogP contribution in [0.15, 0.2) is 35.2 Å². The number of nitrogens with zero attached hydrogens (tertiary/aromatic N) is 2. The van der Waals surface area contributed by atoms with Gasteiger partial charge in [0.1, 0.15) is 4.84 Å². The number of benzene rings is 1. The molecule has 0 aliphatic rings. The zero-order valence-electron chi connectivity index (χ0n) is 12.7. The lowest BCUT2D eigenvalue weighted by molar-refractivity contribution is 0.256. The summed E-state index contributed by atoms with van der Waals surface area (Å²) in [4.78, 5) is 18.7. The largest absolute Gasteiger partial charge is 0.335 e. The van der Waals surface area contributed by atoms with Gasteiger partial charge in [0, 0.05) is 17.0 Å². The van der Waals surface area contributed by atoms with E-state index in [0.717, 1.165) is 0 Å². The molecule has 0 aliphatic heterocycles. The predicted octanol–water partition coefficient (Wildman–Crippen LogP) is 3.08. The number of hydrogen-bond donors (Lipinski definition) is 2. The molecule has 1 aromatic carbocycles. The van der Waals surface area contributed by atoms with Gasteiger partial charge in [-0.1, -0.05) is 18.2 Å². The number of halogens is 2. The third-order valence-corrected chi connectivity index (χ3v) is 4.75. The van der Waals surface area contributed by atoms with E-state index >= 15 is 0 Å². The average molecular weight is 389 g/mol. The maximum absolute atomic E-state index is 12.4. The summed E-state index contributed by atoms with van der Waals surface area (Å²) in [6.07, 6.45) is 0. The topological polar surface area (TPSA) is 101 Å². The quantitative estimate of drug-likeness (QED) is 0.783. The summed E-state index contributed by atoms with van der Waals surface area (Å²) in [5.41, 5.74) is 1.44. The van der Waals surface area contributed by atoms with E-state index < -0.39 is 20.9 Å². The van der Waals surface area contributed by atoms with Crippen molar-refractivity contribution in [2.75, 3.05) is 5.32 Å². The number of aryl methyl sites for hydroxylation is 2. The number of rotatable bonds is 4. The van der Waals surface area contributed by atoms with E-state index in [9.17, 15) is 13.2 Å². The molecule has 2 aromatic rings. The Morgan fingerprint density at radius 2 is 1.71 bits per heavy atom. The summed E-state index contributed by atoms with van der Waals surface area (Å²) in [5, 5.41) is 2.28. The van der Waals surface area contributed by atoms with E-state index in [1.165, 1.54) is 18.2 Å². The highest BCUT2D eigenvalue weighted by atomic mass is 35.5. The first-order valence-electron chi connectivity index (χ1n) is 6.72. The van der Waals surface area contributed by atoms with Crippen molar-refractivity contribution in [3.05, 3.63) is 47.3 Å². The van der Waals surface area contributed by atoms with Crippen molar-refractivity contribution < 1.29 is 13.2 Å². The number of amides is 2. The van der Waals surface area contributed by atoms with Crippen LogP contribution in [-0.4, -0.2) is 24.4 Å². The predicted molar refractivity (Wildman–Crippen MR) is 91.7 cm³/mol. The highest BCUT2D eigenvalue weighted by Crippen LogP contribution is 2.30. The minimum absolute atomic E-state index is 0.000971. The smallest absolute Gasteiger partial charge is 0.275 e. The van der Waals surface area contributed by atoms with Gasteiger partial charge < -0.3 is 0 Å². The molecule has 0 saturated heterocycles. The zero-order chi connectivity index (χ0) is 17.9. The molecule has 0 unspecified atom stereocenters. The van der Waals surface area contributed by atoms with Crippen LogP contribution < -0.4 is 10.0 Å². The summed E-state index contributed by atoms with van der Waals surface area (Å²) in [5.74, 6) is 0.000971. The van der Waals surface area contributed by atoms with Gasteiger partial charge in [-0.25, -0.2) is 27.9 Å². The van der Waals surface area contributed by atoms with Gasteiger partial charge in [-0.2, -0.15) is 0 Å². The lowest BCUT2D eigenvalue weighted by atomic mass is 10.2. The van der Waals surface area contributed by atoms with Crippen molar-refractivity contribution in [2.24, 2.45) is 0 Å². The van der Waals surface area contributed by atoms with Crippen LogP contribution in [0.5, 0.6) is 0 Å². The molecular weight excluding hydrogens is 375 g/mol. The van der Waals surface area contributed by atoms with Crippen LogP contribution in [0, 0.1) is 13.8 Å². The van der Waals surface area contributed by atoms with E-state index in [4.69, 9.17) is 23.2 Å². The Morgan fingerprint density at radius 1 is 1.12 bits per heavy atom. The molecule has 0 spiro atoms. The number of anilines is 1. The van der Waals surface area contributed by atoms with Crippen LogP contribution in [0.1, 0.15) is 21.8 Å². The molecule has 0 fully saturated rings. The fourth-order valence-corrected chi connectivity index (χ4v) is 3.66. The molecule has 0 aliphatic carbocycles. The summed E-state index contributed by atoms with van der Waals surface area (Å²) in [6.45, 7) is 3.46.